The molecule has 2 aromatic heterocycles. The molecule has 0 bridgehead atoms. The van der Waals surface area contributed by atoms with Crippen molar-refractivity contribution in [3.63, 3.8) is 0 Å². The van der Waals surface area contributed by atoms with E-state index in [1.165, 1.54) is 0 Å². The maximum absolute atomic E-state index is 12.9. The van der Waals surface area contributed by atoms with E-state index in [1.54, 1.807) is 43.5 Å². The van der Waals surface area contributed by atoms with Crippen LogP contribution in [0.3, 0.4) is 0 Å². The number of allylic oxidation sites excluding steroid dienone is 1. The van der Waals surface area contributed by atoms with Crippen LogP contribution in [0, 0.1) is 6.92 Å². The van der Waals surface area contributed by atoms with Crippen molar-refractivity contribution in [2.75, 3.05) is 13.1 Å². The number of imidazole rings is 1. The van der Waals surface area contributed by atoms with Crippen molar-refractivity contribution in [1.82, 2.24) is 25.0 Å². The van der Waals surface area contributed by atoms with Gasteiger partial charge in [-0.05, 0) is 49.7 Å². The number of para-hydroxylation sites is 2. The van der Waals surface area contributed by atoms with E-state index >= 15 is 0 Å². The highest BCUT2D eigenvalue weighted by atomic mass is 16.5. The number of nitrogens with one attached hydrogen (secondary N) is 1. The standard InChI is InChI=1S/C26H25N7O3/c1-3-13-28-25(33-14-12-18(15-33)26-29-16(2)32-36-26)23(27)35-19-10-8-17(9-11-19)22(34)24-30-20-6-4-5-7-21(20)31-24/h3-11,13,18H,1,12,14-15,27H2,2H3,(H,30,31)/b25-23-,28-13-/t18-/m0/s1. The summed E-state index contributed by atoms with van der Waals surface area (Å²) in [5.41, 5.74) is 8.35. The first-order valence-electron chi connectivity index (χ1n) is 11.5. The first-order valence-corrected chi connectivity index (χ1v) is 11.5. The first kappa shape index (κ1) is 23.0. The molecular formula is C26H25N7O3. The van der Waals surface area contributed by atoms with Gasteiger partial charge in [-0.2, -0.15) is 4.98 Å². The smallest absolute Gasteiger partial charge is 0.234 e. The van der Waals surface area contributed by atoms with Gasteiger partial charge in [-0.1, -0.05) is 29.9 Å². The van der Waals surface area contributed by atoms with Crippen molar-refractivity contribution in [2.24, 2.45) is 10.7 Å². The Bertz CT molecular complexity index is 1430. The van der Waals surface area contributed by atoms with Gasteiger partial charge in [-0.3, -0.25) is 4.79 Å². The second-order valence-corrected chi connectivity index (χ2v) is 8.37. The molecule has 1 aliphatic rings. The van der Waals surface area contributed by atoms with Crippen LogP contribution in [0.15, 0.2) is 82.4 Å². The molecule has 36 heavy (non-hydrogen) atoms. The van der Waals surface area contributed by atoms with E-state index in [-0.39, 0.29) is 23.4 Å². The number of nitrogens with zero attached hydrogens (tertiary/aromatic N) is 5. The van der Waals surface area contributed by atoms with Crippen LogP contribution in [0.4, 0.5) is 0 Å². The number of ether oxygens (including phenoxy) is 1. The summed E-state index contributed by atoms with van der Waals surface area (Å²) in [6.45, 7) is 6.79. The Morgan fingerprint density at radius 1 is 1.25 bits per heavy atom. The van der Waals surface area contributed by atoms with Crippen LogP contribution in [0.2, 0.25) is 0 Å². The first-order chi connectivity index (χ1) is 17.5. The van der Waals surface area contributed by atoms with Crippen molar-refractivity contribution >= 4 is 23.0 Å². The number of aryl methyl sites for hydroxylation is 1. The summed E-state index contributed by atoms with van der Waals surface area (Å²) in [5.74, 6) is 2.45. The minimum absolute atomic E-state index is 0.0801. The zero-order valence-corrected chi connectivity index (χ0v) is 19.7. The highest BCUT2D eigenvalue weighted by Crippen LogP contribution is 2.30. The van der Waals surface area contributed by atoms with Gasteiger partial charge in [-0.25, -0.2) is 9.98 Å². The normalized spacial score (nSPS) is 16.5. The molecule has 0 unspecified atom stereocenters. The van der Waals surface area contributed by atoms with Crippen molar-refractivity contribution < 1.29 is 14.1 Å². The lowest BCUT2D eigenvalue weighted by molar-refractivity contribution is 0.103. The number of carbonyl (C=O) groups is 1. The van der Waals surface area contributed by atoms with Gasteiger partial charge in [0.15, 0.2) is 17.5 Å². The summed E-state index contributed by atoms with van der Waals surface area (Å²) in [7, 11) is 0. The lowest BCUT2D eigenvalue weighted by Crippen LogP contribution is -2.24. The Balaban J connectivity index is 1.32. The summed E-state index contributed by atoms with van der Waals surface area (Å²) in [6.07, 6.45) is 3.95. The number of hydrogen-bond acceptors (Lipinski definition) is 9. The fraction of sp³-hybridized carbons (Fsp3) is 0.192. The highest BCUT2D eigenvalue weighted by Gasteiger charge is 2.30. The Morgan fingerprint density at radius 2 is 2.06 bits per heavy atom. The average molecular weight is 484 g/mol. The topological polar surface area (TPSA) is 136 Å². The second-order valence-electron chi connectivity index (χ2n) is 8.37. The molecule has 3 N–H and O–H groups in total. The number of H-pyrrole nitrogens is 1. The van der Waals surface area contributed by atoms with Crippen molar-refractivity contribution in [3.8, 4) is 5.75 Å². The number of ketones is 1. The maximum atomic E-state index is 12.9. The van der Waals surface area contributed by atoms with E-state index < -0.39 is 0 Å². The zero-order chi connectivity index (χ0) is 25.1. The van der Waals surface area contributed by atoms with Crippen LogP contribution in [0.5, 0.6) is 5.75 Å². The van der Waals surface area contributed by atoms with E-state index in [2.05, 4.69) is 31.7 Å². The van der Waals surface area contributed by atoms with Crippen LogP contribution < -0.4 is 10.5 Å². The largest absolute Gasteiger partial charge is 0.438 e. The number of likely N-dealkylation sites (tertiary alicyclic amines) is 1. The number of hydrogen-bond donors (Lipinski definition) is 2. The Morgan fingerprint density at radius 3 is 2.78 bits per heavy atom. The molecule has 0 amide bonds. The van der Waals surface area contributed by atoms with Crippen molar-refractivity contribution in [3.05, 3.63) is 96.0 Å². The SMILES string of the molecule is C=C/C=N\C(=C(/N)Oc1ccc(C(=O)c2nc3ccccc3[nH]2)cc1)N1CC[C@H](c2nc(C)no2)C1. The van der Waals surface area contributed by atoms with Crippen LogP contribution in [0.1, 0.15) is 40.2 Å². The van der Waals surface area contributed by atoms with Gasteiger partial charge in [-0.15, -0.1) is 0 Å². The highest BCUT2D eigenvalue weighted by molar-refractivity contribution is 6.08. The second kappa shape index (κ2) is 9.87. The van der Waals surface area contributed by atoms with E-state index in [4.69, 9.17) is 15.0 Å². The van der Waals surface area contributed by atoms with Crippen LogP contribution >= 0.6 is 0 Å². The molecule has 0 saturated carbocycles. The molecule has 1 atom stereocenters. The Kier molecular flexibility index (Phi) is 6.31. The maximum Gasteiger partial charge on any atom is 0.234 e. The number of rotatable bonds is 8. The Labute approximate surface area is 207 Å². The van der Waals surface area contributed by atoms with Gasteiger partial charge in [0.25, 0.3) is 0 Å². The van der Waals surface area contributed by atoms with Gasteiger partial charge in [0.05, 0.1) is 17.0 Å². The van der Waals surface area contributed by atoms with Gasteiger partial charge in [0, 0.05) is 24.9 Å². The number of fused-ring (bicyclic) bond motifs is 1. The summed E-state index contributed by atoms with van der Waals surface area (Å²) >= 11 is 0. The van der Waals surface area contributed by atoms with Gasteiger partial charge >= 0.3 is 0 Å². The fourth-order valence-electron chi connectivity index (χ4n) is 4.10. The quantitative estimate of drug-likeness (QED) is 0.220. The molecule has 10 heteroatoms. The summed E-state index contributed by atoms with van der Waals surface area (Å²) in [5, 5.41) is 3.88. The molecule has 1 saturated heterocycles. The lowest BCUT2D eigenvalue weighted by Gasteiger charge is -2.20. The third kappa shape index (κ3) is 4.74. The number of benzene rings is 2. The average Bonchev–Trinajstić information content (AvgIpc) is 3.64. The van der Waals surface area contributed by atoms with Crippen molar-refractivity contribution in [1.29, 1.82) is 0 Å². The number of aliphatic imine (C=N–C) groups is 1. The third-order valence-electron chi connectivity index (χ3n) is 5.85. The zero-order valence-electron chi connectivity index (χ0n) is 19.7. The summed E-state index contributed by atoms with van der Waals surface area (Å²) in [4.78, 5) is 31.1. The van der Waals surface area contributed by atoms with Crippen LogP contribution in [0.25, 0.3) is 11.0 Å². The molecule has 1 aliphatic heterocycles. The molecule has 5 rings (SSSR count). The molecule has 1 fully saturated rings. The minimum atomic E-state index is -0.211. The third-order valence-corrected chi connectivity index (χ3v) is 5.85. The molecular weight excluding hydrogens is 458 g/mol. The molecule has 182 valence electrons. The number of aromatic amines is 1. The summed E-state index contributed by atoms with van der Waals surface area (Å²) in [6, 6.07) is 14.2. The van der Waals surface area contributed by atoms with E-state index in [0.29, 0.717) is 41.9 Å². The molecule has 0 radical (unpaired) electrons. The predicted molar refractivity (Wildman–Crippen MR) is 134 cm³/mol. The lowest BCUT2D eigenvalue weighted by atomic mass is 10.1. The number of nitrogens with two attached hydrogens (primary N) is 1. The minimum Gasteiger partial charge on any atom is -0.438 e. The van der Waals surface area contributed by atoms with E-state index in [0.717, 1.165) is 17.5 Å². The molecule has 2 aromatic carbocycles. The number of aromatic nitrogens is 4. The molecule has 0 aliphatic carbocycles. The van der Waals surface area contributed by atoms with Crippen LogP contribution in [-0.4, -0.2) is 50.1 Å². The molecule has 10 nitrogen and oxygen atoms in total. The fourth-order valence-corrected chi connectivity index (χ4v) is 4.10. The molecule has 4 aromatic rings. The molecule has 3 heterocycles. The predicted octanol–water partition coefficient (Wildman–Crippen LogP) is 3.70. The van der Waals surface area contributed by atoms with Crippen LogP contribution in [-0.2, 0) is 0 Å². The molecule has 0 spiro atoms. The van der Waals surface area contributed by atoms with Crippen molar-refractivity contribution in [2.45, 2.75) is 19.3 Å². The van der Waals surface area contributed by atoms with Gasteiger partial charge in [0.2, 0.25) is 17.6 Å². The Hall–Kier alpha value is -4.73. The monoisotopic (exact) mass is 483 g/mol. The number of carbonyl (C=O) groups excluding carboxylic acids is 1. The van der Waals surface area contributed by atoms with Gasteiger partial charge in [0.1, 0.15) is 5.75 Å². The van der Waals surface area contributed by atoms with E-state index in [1.807, 2.05) is 29.2 Å². The summed E-state index contributed by atoms with van der Waals surface area (Å²) < 4.78 is 11.2. The van der Waals surface area contributed by atoms with E-state index in [9.17, 15) is 4.79 Å². The van der Waals surface area contributed by atoms with Gasteiger partial charge < -0.3 is 24.9 Å².